The maximum absolute atomic E-state index is 12.5. The maximum Gasteiger partial charge on any atom is 0.339 e. The van der Waals surface area contributed by atoms with Crippen LogP contribution < -0.4 is 4.74 Å². The number of carbonyl (C=O) groups excluding carboxylic acids is 2. The lowest BCUT2D eigenvalue weighted by molar-refractivity contribution is 0.0523. The van der Waals surface area contributed by atoms with Gasteiger partial charge in [0, 0.05) is 6.42 Å². The normalized spacial score (nSPS) is 10.4. The molecule has 0 aliphatic heterocycles. The summed E-state index contributed by atoms with van der Waals surface area (Å²) in [6, 6.07) is 7.63. The van der Waals surface area contributed by atoms with Gasteiger partial charge < -0.3 is 9.47 Å². The summed E-state index contributed by atoms with van der Waals surface area (Å²) in [6.07, 6.45) is 0.898. The van der Waals surface area contributed by atoms with Gasteiger partial charge in [0.25, 0.3) is 0 Å². The maximum atomic E-state index is 12.5. The molecule has 0 fully saturated rings. The largest absolute Gasteiger partial charge is 0.496 e. The van der Waals surface area contributed by atoms with Gasteiger partial charge in [0.2, 0.25) is 0 Å². The molecule has 0 radical (unpaired) electrons. The number of ketones is 1. The van der Waals surface area contributed by atoms with Gasteiger partial charge in [-0.15, -0.1) is 11.3 Å². The molecule has 0 unspecified atom stereocenters. The summed E-state index contributed by atoms with van der Waals surface area (Å²) in [7, 11) is 1.61. The number of ether oxygens (including phenoxy) is 2. The number of para-hydroxylation sites is 1. The minimum absolute atomic E-state index is 0.0444. The summed E-state index contributed by atoms with van der Waals surface area (Å²) in [5, 5.41) is 1.82. The third-order valence-electron chi connectivity index (χ3n) is 3.52. The van der Waals surface area contributed by atoms with Gasteiger partial charge >= 0.3 is 5.97 Å². The molecule has 2 aromatic rings. The van der Waals surface area contributed by atoms with Crippen molar-refractivity contribution in [1.29, 1.82) is 0 Å². The van der Waals surface area contributed by atoms with Crippen LogP contribution in [0.2, 0.25) is 0 Å². The average molecular weight is 332 g/mol. The van der Waals surface area contributed by atoms with Crippen molar-refractivity contribution in [3.63, 3.8) is 0 Å². The Morgan fingerprint density at radius 1 is 1.22 bits per heavy atom. The molecule has 0 aliphatic carbocycles. The van der Waals surface area contributed by atoms with E-state index in [0.29, 0.717) is 29.9 Å². The summed E-state index contributed by atoms with van der Waals surface area (Å²) < 4.78 is 10.4. The number of Topliss-reactive ketones (excluding diaryl/α,β-unsaturated/α-hetero) is 1. The van der Waals surface area contributed by atoms with E-state index in [0.717, 1.165) is 16.9 Å². The van der Waals surface area contributed by atoms with Crippen molar-refractivity contribution in [3.8, 4) is 5.75 Å². The number of carbonyl (C=O) groups is 2. The van der Waals surface area contributed by atoms with E-state index in [-0.39, 0.29) is 5.78 Å². The molecule has 1 aromatic heterocycles. The Balaban J connectivity index is 2.14. The molecule has 0 saturated heterocycles. The van der Waals surface area contributed by atoms with Gasteiger partial charge in [0.1, 0.15) is 5.75 Å². The minimum atomic E-state index is -0.424. The molecule has 122 valence electrons. The topological polar surface area (TPSA) is 52.6 Å². The number of hydrogen-bond acceptors (Lipinski definition) is 5. The van der Waals surface area contributed by atoms with Crippen LogP contribution in [0.25, 0.3) is 0 Å². The molecule has 0 aliphatic rings. The number of esters is 1. The summed E-state index contributed by atoms with van der Waals surface area (Å²) in [5.74, 6) is 0.303. The van der Waals surface area contributed by atoms with Crippen molar-refractivity contribution in [2.24, 2.45) is 0 Å². The first-order valence-corrected chi connectivity index (χ1v) is 8.36. The quantitative estimate of drug-likeness (QED) is 0.567. The van der Waals surface area contributed by atoms with Gasteiger partial charge in [-0.3, -0.25) is 4.79 Å². The van der Waals surface area contributed by atoms with Crippen LogP contribution >= 0.6 is 11.3 Å². The second-order valence-electron chi connectivity index (χ2n) is 5.08. The monoisotopic (exact) mass is 332 g/mol. The number of aryl methyl sites for hydroxylation is 2. The second kappa shape index (κ2) is 7.92. The fourth-order valence-corrected chi connectivity index (χ4v) is 3.39. The Bertz CT molecular complexity index is 703. The number of hydrogen-bond donors (Lipinski definition) is 0. The molecule has 0 spiro atoms. The van der Waals surface area contributed by atoms with E-state index in [1.807, 2.05) is 36.6 Å². The molecule has 0 atom stereocenters. The SMILES string of the molecule is CCOC(=O)c1c(C)csc1C(=O)CCc1ccccc1OC. The second-order valence-corrected chi connectivity index (χ2v) is 5.96. The van der Waals surface area contributed by atoms with E-state index in [4.69, 9.17) is 9.47 Å². The fraction of sp³-hybridized carbons (Fsp3) is 0.333. The first kappa shape index (κ1) is 17.2. The van der Waals surface area contributed by atoms with Crippen LogP contribution in [0.4, 0.5) is 0 Å². The lowest BCUT2D eigenvalue weighted by Gasteiger charge is -2.08. The van der Waals surface area contributed by atoms with Crippen LogP contribution in [0.15, 0.2) is 29.6 Å². The third kappa shape index (κ3) is 3.99. The standard InChI is InChI=1S/C18H20O4S/c1-4-22-18(20)16-12(2)11-23-17(16)14(19)10-9-13-7-5-6-8-15(13)21-3/h5-8,11H,4,9-10H2,1-3H3. The Kier molecular flexibility index (Phi) is 5.93. The Labute approximate surface area is 140 Å². The summed E-state index contributed by atoms with van der Waals surface area (Å²) in [4.78, 5) is 25.0. The van der Waals surface area contributed by atoms with Crippen LogP contribution in [-0.4, -0.2) is 25.5 Å². The molecule has 0 N–H and O–H groups in total. The van der Waals surface area contributed by atoms with Crippen LogP contribution in [0, 0.1) is 6.92 Å². The summed E-state index contributed by atoms with van der Waals surface area (Å²) in [6.45, 7) is 3.87. The number of methoxy groups -OCH3 is 1. The number of thiophene rings is 1. The minimum Gasteiger partial charge on any atom is -0.496 e. The zero-order valence-electron chi connectivity index (χ0n) is 13.5. The zero-order valence-corrected chi connectivity index (χ0v) is 14.4. The molecule has 0 amide bonds. The van der Waals surface area contributed by atoms with Crippen molar-refractivity contribution in [2.45, 2.75) is 26.7 Å². The van der Waals surface area contributed by atoms with Gasteiger partial charge in [-0.05, 0) is 42.8 Å². The van der Waals surface area contributed by atoms with E-state index >= 15 is 0 Å². The van der Waals surface area contributed by atoms with Crippen molar-refractivity contribution in [2.75, 3.05) is 13.7 Å². The van der Waals surface area contributed by atoms with Crippen LogP contribution in [0.3, 0.4) is 0 Å². The van der Waals surface area contributed by atoms with Gasteiger partial charge in [-0.25, -0.2) is 4.79 Å². The zero-order chi connectivity index (χ0) is 16.8. The molecule has 5 heteroatoms. The van der Waals surface area contributed by atoms with E-state index < -0.39 is 5.97 Å². The highest BCUT2D eigenvalue weighted by molar-refractivity contribution is 7.12. The van der Waals surface area contributed by atoms with Crippen molar-refractivity contribution < 1.29 is 19.1 Å². The third-order valence-corrected chi connectivity index (χ3v) is 4.66. The first-order chi connectivity index (χ1) is 11.1. The highest BCUT2D eigenvalue weighted by Gasteiger charge is 2.22. The number of benzene rings is 1. The predicted molar refractivity (Wildman–Crippen MR) is 90.7 cm³/mol. The Morgan fingerprint density at radius 3 is 2.65 bits per heavy atom. The van der Waals surface area contributed by atoms with Crippen LogP contribution in [-0.2, 0) is 11.2 Å². The predicted octanol–water partition coefficient (Wildman–Crippen LogP) is 4.06. The van der Waals surface area contributed by atoms with E-state index in [1.54, 1.807) is 14.0 Å². The molecular weight excluding hydrogens is 312 g/mol. The van der Waals surface area contributed by atoms with Gasteiger partial charge in [0.05, 0.1) is 24.2 Å². The summed E-state index contributed by atoms with van der Waals surface area (Å²) >= 11 is 1.30. The highest BCUT2D eigenvalue weighted by Crippen LogP contribution is 2.26. The van der Waals surface area contributed by atoms with Crippen LogP contribution in [0.1, 0.15) is 44.5 Å². The van der Waals surface area contributed by atoms with Crippen molar-refractivity contribution >= 4 is 23.1 Å². The van der Waals surface area contributed by atoms with Gasteiger partial charge in [-0.1, -0.05) is 18.2 Å². The summed E-state index contributed by atoms with van der Waals surface area (Å²) in [5.41, 5.74) is 2.17. The molecule has 0 saturated carbocycles. The highest BCUT2D eigenvalue weighted by atomic mass is 32.1. The fourth-order valence-electron chi connectivity index (χ4n) is 2.38. The molecule has 1 heterocycles. The Hall–Kier alpha value is -2.14. The number of rotatable bonds is 7. The van der Waals surface area contributed by atoms with Crippen molar-refractivity contribution in [3.05, 3.63) is 51.2 Å². The first-order valence-electron chi connectivity index (χ1n) is 7.48. The molecule has 1 aromatic carbocycles. The average Bonchev–Trinajstić information content (AvgIpc) is 2.95. The lowest BCUT2D eigenvalue weighted by Crippen LogP contribution is -2.11. The van der Waals surface area contributed by atoms with Crippen molar-refractivity contribution in [1.82, 2.24) is 0 Å². The molecule has 0 bridgehead atoms. The van der Waals surface area contributed by atoms with E-state index in [9.17, 15) is 9.59 Å². The van der Waals surface area contributed by atoms with E-state index in [1.165, 1.54) is 11.3 Å². The molecule has 2 rings (SSSR count). The molecular formula is C18H20O4S. The Morgan fingerprint density at radius 2 is 1.96 bits per heavy atom. The molecule has 4 nitrogen and oxygen atoms in total. The van der Waals surface area contributed by atoms with Crippen LogP contribution in [0.5, 0.6) is 5.75 Å². The lowest BCUT2D eigenvalue weighted by atomic mass is 10.0. The van der Waals surface area contributed by atoms with Gasteiger partial charge in [-0.2, -0.15) is 0 Å². The molecule has 23 heavy (non-hydrogen) atoms. The van der Waals surface area contributed by atoms with Gasteiger partial charge in [0.15, 0.2) is 5.78 Å². The van der Waals surface area contributed by atoms with E-state index in [2.05, 4.69) is 0 Å². The smallest absolute Gasteiger partial charge is 0.339 e.